The van der Waals surface area contributed by atoms with Gasteiger partial charge in [-0.05, 0) is 60.2 Å². The van der Waals surface area contributed by atoms with Crippen LogP contribution in [0.4, 0.5) is 0 Å². The fourth-order valence-corrected chi connectivity index (χ4v) is 7.82. The molecule has 4 saturated carbocycles. The number of fused-ring (bicyclic) bond motifs is 12. The van der Waals surface area contributed by atoms with Gasteiger partial charge in [0.1, 0.15) is 0 Å². The number of carbonyl (C=O) groups excluding carboxylic acids is 1. The van der Waals surface area contributed by atoms with Crippen LogP contribution in [-0.4, -0.2) is 25.8 Å². The first-order valence-electron chi connectivity index (χ1n) is 8.83. The van der Waals surface area contributed by atoms with E-state index in [-0.39, 0.29) is 11.9 Å². The second-order valence-electron chi connectivity index (χ2n) is 8.62. The van der Waals surface area contributed by atoms with Crippen molar-refractivity contribution in [3.8, 4) is 0 Å². The largest absolute Gasteiger partial charge is 0.465 e. The van der Waals surface area contributed by atoms with E-state index in [1.165, 1.54) is 12.8 Å². The zero-order valence-electron chi connectivity index (χ0n) is 13.2. The van der Waals surface area contributed by atoms with Crippen molar-refractivity contribution in [2.75, 3.05) is 13.7 Å². The van der Waals surface area contributed by atoms with Crippen molar-refractivity contribution in [2.24, 2.45) is 59.2 Å². The molecular weight excluding hydrogens is 264 g/mol. The Morgan fingerprint density at radius 3 is 2.48 bits per heavy atom. The SMILES string of the molecule is COC1C2CC(C1C(C)C)C1C3CC(C4COC(=O)C43)C21. The standard InChI is InChI=1S/C18H26O3/c1-7(2)13-9-5-11(17(13)20-3)14-8-4-10(15(9)14)16-12(8)6-21-18(16)19/h7-17H,4-6H2,1-3H3. The molecule has 0 radical (unpaired) electrons. The zero-order valence-corrected chi connectivity index (χ0v) is 13.2. The van der Waals surface area contributed by atoms with Crippen LogP contribution in [0.1, 0.15) is 26.7 Å². The fraction of sp³-hybridized carbons (Fsp3) is 0.944. The van der Waals surface area contributed by atoms with Crippen molar-refractivity contribution < 1.29 is 14.3 Å². The molecule has 0 aromatic carbocycles. The lowest BCUT2D eigenvalue weighted by atomic mass is 9.60. The lowest BCUT2D eigenvalue weighted by molar-refractivity contribution is -0.144. The molecule has 3 nitrogen and oxygen atoms in total. The third-order valence-corrected chi connectivity index (χ3v) is 8.01. The average Bonchev–Trinajstić information content (AvgIpc) is 3.19. The highest BCUT2D eigenvalue weighted by molar-refractivity contribution is 5.76. The number of methoxy groups -OCH3 is 1. The van der Waals surface area contributed by atoms with Gasteiger partial charge in [-0.3, -0.25) is 4.79 Å². The normalized spacial score (nSPS) is 59.7. The van der Waals surface area contributed by atoms with Gasteiger partial charge >= 0.3 is 5.97 Å². The molecule has 10 atom stereocenters. The summed E-state index contributed by atoms with van der Waals surface area (Å²) in [5, 5.41) is 0. The summed E-state index contributed by atoms with van der Waals surface area (Å²) < 4.78 is 11.4. The Hall–Kier alpha value is -0.570. The summed E-state index contributed by atoms with van der Waals surface area (Å²) in [6, 6.07) is 0. The van der Waals surface area contributed by atoms with Crippen LogP contribution in [0.5, 0.6) is 0 Å². The van der Waals surface area contributed by atoms with E-state index in [4.69, 9.17) is 9.47 Å². The summed E-state index contributed by atoms with van der Waals surface area (Å²) >= 11 is 0. The fourth-order valence-electron chi connectivity index (χ4n) is 7.82. The minimum absolute atomic E-state index is 0.123. The van der Waals surface area contributed by atoms with Crippen molar-refractivity contribution in [1.82, 2.24) is 0 Å². The first-order chi connectivity index (χ1) is 10.1. The third kappa shape index (κ3) is 1.34. The predicted molar refractivity (Wildman–Crippen MR) is 77.2 cm³/mol. The summed E-state index contributed by atoms with van der Waals surface area (Å²) in [5.41, 5.74) is 0. The van der Waals surface area contributed by atoms with Crippen molar-refractivity contribution in [3.63, 3.8) is 0 Å². The Kier molecular flexibility index (Phi) is 2.48. The lowest BCUT2D eigenvalue weighted by Gasteiger charge is -2.46. The topological polar surface area (TPSA) is 35.5 Å². The quantitative estimate of drug-likeness (QED) is 0.579. The molecule has 4 aliphatic carbocycles. The van der Waals surface area contributed by atoms with Crippen molar-refractivity contribution in [2.45, 2.75) is 32.8 Å². The van der Waals surface area contributed by atoms with E-state index in [2.05, 4.69) is 13.8 Å². The highest BCUT2D eigenvalue weighted by atomic mass is 16.5. The van der Waals surface area contributed by atoms with Gasteiger partial charge in [-0.2, -0.15) is 0 Å². The molecule has 1 saturated heterocycles. The van der Waals surface area contributed by atoms with Gasteiger partial charge in [0.05, 0.1) is 18.6 Å². The molecule has 116 valence electrons. The van der Waals surface area contributed by atoms with E-state index < -0.39 is 0 Å². The molecule has 21 heavy (non-hydrogen) atoms. The van der Waals surface area contributed by atoms with E-state index in [9.17, 15) is 4.79 Å². The highest BCUT2D eigenvalue weighted by Gasteiger charge is 2.72. The molecular formula is C18H26O3. The molecule has 3 heteroatoms. The molecule has 0 aromatic rings. The molecule has 1 heterocycles. The summed E-state index contributed by atoms with van der Waals surface area (Å²) in [6.45, 7) is 5.41. The summed E-state index contributed by atoms with van der Waals surface area (Å²) in [6.07, 6.45) is 3.12. The van der Waals surface area contributed by atoms with Crippen LogP contribution in [0.2, 0.25) is 0 Å². The smallest absolute Gasteiger partial charge is 0.309 e. The van der Waals surface area contributed by atoms with E-state index in [1.807, 2.05) is 7.11 Å². The second kappa shape index (κ2) is 4.04. The minimum Gasteiger partial charge on any atom is -0.465 e. The molecule has 5 rings (SSSR count). The first-order valence-corrected chi connectivity index (χ1v) is 8.83. The van der Waals surface area contributed by atoms with Gasteiger partial charge in [-0.25, -0.2) is 0 Å². The zero-order chi connectivity index (χ0) is 14.5. The van der Waals surface area contributed by atoms with Gasteiger partial charge in [0, 0.05) is 13.0 Å². The van der Waals surface area contributed by atoms with Crippen molar-refractivity contribution in [3.05, 3.63) is 0 Å². The number of ether oxygens (including phenoxy) is 2. The molecule has 10 unspecified atom stereocenters. The van der Waals surface area contributed by atoms with Gasteiger partial charge in [0.2, 0.25) is 0 Å². The summed E-state index contributed by atoms with van der Waals surface area (Å²) in [5.74, 6) is 6.87. The van der Waals surface area contributed by atoms with Crippen molar-refractivity contribution >= 4 is 5.97 Å². The van der Waals surface area contributed by atoms with E-state index in [0.717, 1.165) is 29.6 Å². The average molecular weight is 290 g/mol. The molecule has 0 N–H and O–H groups in total. The van der Waals surface area contributed by atoms with Crippen LogP contribution in [0, 0.1) is 59.2 Å². The molecule has 0 amide bonds. The molecule has 5 aliphatic rings. The Labute approximate surface area is 126 Å². The van der Waals surface area contributed by atoms with Gasteiger partial charge in [-0.1, -0.05) is 13.8 Å². The van der Waals surface area contributed by atoms with E-state index in [0.29, 0.717) is 36.4 Å². The van der Waals surface area contributed by atoms with Gasteiger partial charge < -0.3 is 9.47 Å². The monoisotopic (exact) mass is 290 g/mol. The van der Waals surface area contributed by atoms with Crippen LogP contribution in [0.3, 0.4) is 0 Å². The lowest BCUT2D eigenvalue weighted by Crippen LogP contribution is -2.47. The number of esters is 1. The molecule has 1 aliphatic heterocycles. The summed E-state index contributed by atoms with van der Waals surface area (Å²) in [7, 11) is 1.91. The number of rotatable bonds is 2. The van der Waals surface area contributed by atoms with Crippen LogP contribution in [0.25, 0.3) is 0 Å². The van der Waals surface area contributed by atoms with Crippen molar-refractivity contribution in [1.29, 1.82) is 0 Å². The van der Waals surface area contributed by atoms with E-state index >= 15 is 0 Å². The van der Waals surface area contributed by atoms with Gasteiger partial charge in [0.25, 0.3) is 0 Å². The third-order valence-electron chi connectivity index (χ3n) is 8.01. The molecule has 5 fully saturated rings. The number of hydrogen-bond acceptors (Lipinski definition) is 3. The van der Waals surface area contributed by atoms with E-state index in [1.54, 1.807) is 0 Å². The maximum absolute atomic E-state index is 12.1. The first kappa shape index (κ1) is 12.9. The summed E-state index contributed by atoms with van der Waals surface area (Å²) in [4.78, 5) is 12.1. The molecule has 0 spiro atoms. The predicted octanol–water partition coefficient (Wildman–Crippen LogP) is 2.59. The van der Waals surface area contributed by atoms with Crippen LogP contribution in [0.15, 0.2) is 0 Å². The van der Waals surface area contributed by atoms with Crippen LogP contribution >= 0.6 is 0 Å². The Morgan fingerprint density at radius 2 is 1.76 bits per heavy atom. The van der Waals surface area contributed by atoms with Gasteiger partial charge in [0.15, 0.2) is 0 Å². The number of carbonyl (C=O) groups is 1. The second-order valence-corrected chi connectivity index (χ2v) is 8.62. The molecule has 0 aromatic heterocycles. The van der Waals surface area contributed by atoms with Crippen LogP contribution in [-0.2, 0) is 14.3 Å². The Balaban J connectivity index is 1.52. The number of cyclic esters (lactones) is 1. The Morgan fingerprint density at radius 1 is 1.05 bits per heavy atom. The minimum atomic E-state index is 0.123. The number of hydrogen-bond donors (Lipinski definition) is 0. The van der Waals surface area contributed by atoms with Gasteiger partial charge in [-0.15, -0.1) is 0 Å². The highest BCUT2D eigenvalue weighted by Crippen LogP contribution is 2.73. The maximum Gasteiger partial charge on any atom is 0.309 e. The Bertz CT molecular complexity index is 487. The molecule has 4 bridgehead atoms. The maximum atomic E-state index is 12.1. The van der Waals surface area contributed by atoms with Crippen LogP contribution < -0.4 is 0 Å².